The van der Waals surface area contributed by atoms with Crippen molar-refractivity contribution in [2.24, 2.45) is 0 Å². The molecule has 0 amide bonds. The maximum atomic E-state index is 11.8. The Bertz CT molecular complexity index is 406. The molecule has 0 bridgehead atoms. The summed E-state index contributed by atoms with van der Waals surface area (Å²) in [5, 5.41) is 0. The van der Waals surface area contributed by atoms with E-state index in [9.17, 15) is 4.79 Å². The van der Waals surface area contributed by atoms with Crippen LogP contribution in [-0.4, -0.2) is 41.8 Å². The van der Waals surface area contributed by atoms with Crippen molar-refractivity contribution < 1.29 is 9.53 Å². The number of rotatable bonds is 13. The highest BCUT2D eigenvalue weighted by molar-refractivity contribution is 8.50. The SMILES string of the molecule is C=C(CCCCC(=O)OCCCCC(C)(S)CC)[SH](C)(C)(C)CC. The summed E-state index contributed by atoms with van der Waals surface area (Å²) in [4.78, 5) is 13.2. The van der Waals surface area contributed by atoms with E-state index in [4.69, 9.17) is 4.74 Å². The van der Waals surface area contributed by atoms with Gasteiger partial charge in [-0.25, -0.2) is 0 Å². The summed E-state index contributed by atoms with van der Waals surface area (Å²) in [5.41, 5.74) is 0. The molecule has 0 saturated carbocycles. The molecule has 0 fully saturated rings. The molecule has 0 aromatic rings. The smallest absolute Gasteiger partial charge is 0.305 e. The highest BCUT2D eigenvalue weighted by atomic mass is 32.3. The van der Waals surface area contributed by atoms with Gasteiger partial charge in [-0.1, -0.05) is 32.3 Å². The van der Waals surface area contributed by atoms with Gasteiger partial charge in [-0.2, -0.15) is 12.6 Å². The van der Waals surface area contributed by atoms with Gasteiger partial charge in [-0.05, 0) is 69.5 Å². The maximum absolute atomic E-state index is 11.8. The molecule has 1 atom stereocenters. The van der Waals surface area contributed by atoms with Gasteiger partial charge < -0.3 is 4.74 Å². The largest absolute Gasteiger partial charge is 0.466 e. The molecule has 146 valence electrons. The predicted molar refractivity (Wildman–Crippen MR) is 117 cm³/mol. The van der Waals surface area contributed by atoms with Crippen LogP contribution in [0.25, 0.3) is 0 Å². The van der Waals surface area contributed by atoms with Crippen LogP contribution in [0.1, 0.15) is 72.1 Å². The van der Waals surface area contributed by atoms with E-state index < -0.39 is 9.16 Å². The molecule has 1 unspecified atom stereocenters. The van der Waals surface area contributed by atoms with E-state index in [0.717, 1.165) is 44.9 Å². The fourth-order valence-electron chi connectivity index (χ4n) is 2.28. The number of allylic oxidation sites excluding steroid dienone is 1. The van der Waals surface area contributed by atoms with E-state index in [0.29, 0.717) is 13.0 Å². The van der Waals surface area contributed by atoms with Crippen LogP contribution in [0.15, 0.2) is 11.5 Å². The van der Waals surface area contributed by atoms with E-state index in [2.05, 4.69) is 58.7 Å². The molecule has 2 nitrogen and oxygen atoms in total. The molecule has 0 aliphatic rings. The highest BCUT2D eigenvalue weighted by Gasteiger charge is 2.25. The van der Waals surface area contributed by atoms with Crippen LogP contribution in [0.3, 0.4) is 0 Å². The number of hydrogen-bond donors (Lipinski definition) is 2. The minimum Gasteiger partial charge on any atom is -0.466 e. The lowest BCUT2D eigenvalue weighted by Crippen LogP contribution is -2.17. The zero-order valence-electron chi connectivity index (χ0n) is 17.0. The van der Waals surface area contributed by atoms with Gasteiger partial charge in [-0.3, -0.25) is 14.0 Å². The van der Waals surface area contributed by atoms with Gasteiger partial charge in [0.1, 0.15) is 0 Å². The Balaban J connectivity index is 3.77. The number of carbonyl (C=O) groups is 1. The second-order valence-electron chi connectivity index (χ2n) is 8.74. The van der Waals surface area contributed by atoms with Crippen LogP contribution in [0.5, 0.6) is 0 Å². The van der Waals surface area contributed by atoms with Crippen LogP contribution in [0.2, 0.25) is 0 Å². The first-order valence-corrected chi connectivity index (χ1v) is 13.7. The van der Waals surface area contributed by atoms with E-state index in [1.165, 1.54) is 10.7 Å². The average molecular weight is 379 g/mol. The lowest BCUT2D eigenvalue weighted by molar-refractivity contribution is -0.143. The summed E-state index contributed by atoms with van der Waals surface area (Å²) in [6.07, 6.45) is 14.8. The Kier molecular flexibility index (Phi) is 10.1. The summed E-state index contributed by atoms with van der Waals surface area (Å²) >= 11 is 4.62. The molecule has 0 aromatic carbocycles. The van der Waals surface area contributed by atoms with Gasteiger partial charge in [0.2, 0.25) is 0 Å². The fraction of sp³-hybridized carbons (Fsp3) is 0.850. The summed E-state index contributed by atoms with van der Waals surface area (Å²) < 4.78 is 5.44. The maximum Gasteiger partial charge on any atom is 0.305 e. The van der Waals surface area contributed by atoms with Crippen molar-refractivity contribution in [2.45, 2.75) is 76.9 Å². The Morgan fingerprint density at radius 2 is 1.67 bits per heavy atom. The molecule has 24 heavy (non-hydrogen) atoms. The van der Waals surface area contributed by atoms with Crippen molar-refractivity contribution in [3.8, 4) is 0 Å². The molecule has 0 spiro atoms. The van der Waals surface area contributed by atoms with Crippen molar-refractivity contribution >= 4 is 27.8 Å². The van der Waals surface area contributed by atoms with E-state index in [1.54, 1.807) is 0 Å². The molecule has 0 heterocycles. The minimum atomic E-state index is -1.69. The summed E-state index contributed by atoms with van der Waals surface area (Å²) in [5.74, 6) is 1.15. The van der Waals surface area contributed by atoms with Crippen molar-refractivity contribution in [3.63, 3.8) is 0 Å². The fourth-order valence-corrected chi connectivity index (χ4v) is 3.87. The lowest BCUT2D eigenvalue weighted by atomic mass is 10.0. The van der Waals surface area contributed by atoms with Crippen LogP contribution in [-0.2, 0) is 9.53 Å². The first kappa shape index (κ1) is 23.9. The standard InChI is InChI=1S/C20H42O2S2/c1-8-20(4,23)16-12-13-17-22-19(21)15-11-10-14-18(3)24(5,6,7)9-2/h23-24H,3,8-17H2,1-2,4-7H3. The van der Waals surface area contributed by atoms with E-state index >= 15 is 0 Å². The van der Waals surface area contributed by atoms with E-state index in [1.807, 2.05) is 0 Å². The zero-order chi connectivity index (χ0) is 18.9. The molecular weight excluding hydrogens is 336 g/mol. The Morgan fingerprint density at radius 1 is 1.08 bits per heavy atom. The topological polar surface area (TPSA) is 26.3 Å². The molecule has 0 aromatic heterocycles. The molecule has 0 aliphatic heterocycles. The highest BCUT2D eigenvalue weighted by Crippen LogP contribution is 2.66. The van der Waals surface area contributed by atoms with Gasteiger partial charge in [0.25, 0.3) is 0 Å². The second-order valence-corrected chi connectivity index (χ2v) is 17.3. The van der Waals surface area contributed by atoms with Crippen molar-refractivity contribution in [1.29, 1.82) is 0 Å². The van der Waals surface area contributed by atoms with Crippen LogP contribution < -0.4 is 0 Å². The third kappa shape index (κ3) is 10.0. The molecule has 0 rings (SSSR count). The van der Waals surface area contributed by atoms with E-state index in [-0.39, 0.29) is 10.7 Å². The second kappa shape index (κ2) is 10.2. The molecule has 0 saturated heterocycles. The molecule has 0 radical (unpaired) electrons. The normalized spacial score (nSPS) is 16.0. The van der Waals surface area contributed by atoms with Crippen LogP contribution >= 0.6 is 21.8 Å². The number of esters is 1. The van der Waals surface area contributed by atoms with Gasteiger partial charge in [0.05, 0.1) is 6.61 Å². The van der Waals surface area contributed by atoms with Crippen molar-refractivity contribution in [1.82, 2.24) is 0 Å². The van der Waals surface area contributed by atoms with Crippen molar-refractivity contribution in [2.75, 3.05) is 31.1 Å². The Labute approximate surface area is 156 Å². The number of carbonyl (C=O) groups excluding carboxylic acids is 1. The summed E-state index contributed by atoms with van der Waals surface area (Å²) in [7, 11) is -1.69. The monoisotopic (exact) mass is 378 g/mol. The molecule has 0 aliphatic carbocycles. The first-order valence-electron chi connectivity index (χ1n) is 9.48. The zero-order valence-corrected chi connectivity index (χ0v) is 18.8. The number of hydrogen-bond acceptors (Lipinski definition) is 3. The first-order chi connectivity index (χ1) is 10.9. The van der Waals surface area contributed by atoms with Gasteiger partial charge in [0.15, 0.2) is 0 Å². The predicted octanol–water partition coefficient (Wildman–Crippen LogP) is 5.85. The summed E-state index contributed by atoms with van der Waals surface area (Å²) in [6.45, 7) is 11.4. The molecular formula is C20H42O2S2. The number of ether oxygens (including phenoxy) is 1. The van der Waals surface area contributed by atoms with Gasteiger partial charge in [-0.15, -0.1) is 0 Å². The quantitative estimate of drug-likeness (QED) is 0.239. The Hall–Kier alpha value is -0.0900. The summed E-state index contributed by atoms with van der Waals surface area (Å²) in [6, 6.07) is 0. The van der Waals surface area contributed by atoms with Gasteiger partial charge in [0, 0.05) is 11.2 Å². The minimum absolute atomic E-state index is 0.0535. The van der Waals surface area contributed by atoms with Crippen molar-refractivity contribution in [3.05, 3.63) is 11.5 Å². The third-order valence-electron chi connectivity index (χ3n) is 5.51. The average Bonchev–Trinajstić information content (AvgIpc) is 2.50. The van der Waals surface area contributed by atoms with Crippen LogP contribution in [0, 0.1) is 0 Å². The third-order valence-corrected chi connectivity index (χ3v) is 10.8. The van der Waals surface area contributed by atoms with Crippen LogP contribution in [0.4, 0.5) is 0 Å². The van der Waals surface area contributed by atoms with Gasteiger partial charge >= 0.3 is 5.97 Å². The lowest BCUT2D eigenvalue weighted by Gasteiger charge is -2.53. The molecule has 4 heteroatoms. The Morgan fingerprint density at radius 3 is 2.21 bits per heavy atom. The molecule has 0 N–H and O–H groups in total. The number of unbranched alkanes of at least 4 members (excludes halogenated alkanes) is 2. The number of thiol groups is 2.